The Morgan fingerprint density at radius 3 is 2.56 bits per heavy atom. The van der Waals surface area contributed by atoms with E-state index in [1.165, 1.54) is 6.07 Å². The van der Waals surface area contributed by atoms with Gasteiger partial charge in [0.05, 0.1) is 10.4 Å². The molecule has 4 nitrogen and oxygen atoms in total. The van der Waals surface area contributed by atoms with Gasteiger partial charge >= 0.3 is 0 Å². The zero-order valence-corrected chi connectivity index (χ0v) is 15.7. The molecule has 1 saturated heterocycles. The maximum Gasteiger partial charge on any atom is 0.256 e. The predicted octanol–water partition coefficient (Wildman–Crippen LogP) is 4.30. The van der Waals surface area contributed by atoms with E-state index in [2.05, 4.69) is 22.0 Å². The lowest BCUT2D eigenvalue weighted by Crippen LogP contribution is -2.35. The molecule has 0 radical (unpaired) electrons. The summed E-state index contributed by atoms with van der Waals surface area (Å²) in [6.45, 7) is 2.72. The summed E-state index contributed by atoms with van der Waals surface area (Å²) in [5.41, 5.74) is 1.30. The first kappa shape index (κ1) is 17.7. The number of hydrogen-bond acceptors (Lipinski definition) is 4. The highest BCUT2D eigenvalue weighted by molar-refractivity contribution is 7.18. The van der Waals surface area contributed by atoms with Gasteiger partial charge in [0.15, 0.2) is 5.13 Å². The molecular weight excluding hydrogens is 361 g/mol. The molecule has 1 aromatic heterocycles. The maximum absolute atomic E-state index is 13.9. The molecule has 2 heterocycles. The van der Waals surface area contributed by atoms with E-state index in [4.69, 9.17) is 0 Å². The van der Waals surface area contributed by atoms with E-state index in [0.29, 0.717) is 19.6 Å². The average molecular weight is 381 g/mol. The van der Waals surface area contributed by atoms with Crippen molar-refractivity contribution in [1.29, 1.82) is 0 Å². The molecule has 1 amide bonds. The standard InChI is InChI=1S/C21H20FN3OS/c22-18-10-5-4-9-17(18)20(26)24-11-6-12-25(14-13-24)21-23-15-19(27-21)16-7-2-1-3-8-16/h1-5,7-10,15H,6,11-14H2. The van der Waals surface area contributed by atoms with Crippen molar-refractivity contribution in [3.8, 4) is 10.4 Å². The highest BCUT2D eigenvalue weighted by atomic mass is 32.1. The third-order valence-electron chi connectivity index (χ3n) is 4.71. The van der Waals surface area contributed by atoms with Gasteiger partial charge < -0.3 is 9.80 Å². The van der Waals surface area contributed by atoms with Gasteiger partial charge in [-0.25, -0.2) is 9.37 Å². The van der Waals surface area contributed by atoms with Crippen molar-refractivity contribution < 1.29 is 9.18 Å². The predicted molar refractivity (Wildman–Crippen MR) is 107 cm³/mol. The zero-order valence-electron chi connectivity index (χ0n) is 14.8. The number of halogens is 1. The monoisotopic (exact) mass is 381 g/mol. The molecule has 6 heteroatoms. The average Bonchev–Trinajstić information content (AvgIpc) is 3.07. The largest absolute Gasteiger partial charge is 0.346 e. The summed E-state index contributed by atoms with van der Waals surface area (Å²) in [6, 6.07) is 16.4. The summed E-state index contributed by atoms with van der Waals surface area (Å²) in [7, 11) is 0. The first-order valence-corrected chi connectivity index (χ1v) is 9.84. The fraction of sp³-hybridized carbons (Fsp3) is 0.238. The summed E-state index contributed by atoms with van der Waals surface area (Å²) in [4.78, 5) is 22.3. The van der Waals surface area contributed by atoms with Crippen molar-refractivity contribution in [2.75, 3.05) is 31.1 Å². The van der Waals surface area contributed by atoms with Crippen molar-refractivity contribution in [2.45, 2.75) is 6.42 Å². The Hall–Kier alpha value is -2.73. The van der Waals surface area contributed by atoms with Crippen LogP contribution in [0.2, 0.25) is 0 Å². The Kier molecular flexibility index (Phi) is 5.16. The first-order chi connectivity index (χ1) is 13.2. The van der Waals surface area contributed by atoms with Crippen LogP contribution in [0.15, 0.2) is 60.8 Å². The summed E-state index contributed by atoms with van der Waals surface area (Å²) in [5.74, 6) is -0.699. The van der Waals surface area contributed by atoms with Crippen molar-refractivity contribution in [3.63, 3.8) is 0 Å². The number of hydrogen-bond donors (Lipinski definition) is 0. The Labute approximate surface area is 161 Å². The Morgan fingerprint density at radius 2 is 1.74 bits per heavy atom. The van der Waals surface area contributed by atoms with Crippen LogP contribution in [0, 0.1) is 5.82 Å². The Balaban J connectivity index is 1.45. The van der Waals surface area contributed by atoms with Crippen LogP contribution in [0.1, 0.15) is 16.8 Å². The van der Waals surface area contributed by atoms with Gasteiger partial charge in [-0.2, -0.15) is 0 Å². The molecule has 0 atom stereocenters. The molecule has 0 unspecified atom stereocenters. The van der Waals surface area contributed by atoms with E-state index >= 15 is 0 Å². The van der Waals surface area contributed by atoms with Crippen molar-refractivity contribution >= 4 is 22.4 Å². The third kappa shape index (κ3) is 3.85. The molecule has 0 saturated carbocycles. The molecule has 0 N–H and O–H groups in total. The van der Waals surface area contributed by atoms with E-state index < -0.39 is 5.82 Å². The van der Waals surface area contributed by atoms with Crippen molar-refractivity contribution in [1.82, 2.24) is 9.88 Å². The minimum atomic E-state index is -0.462. The quantitative estimate of drug-likeness (QED) is 0.679. The highest BCUT2D eigenvalue weighted by Crippen LogP contribution is 2.31. The van der Waals surface area contributed by atoms with Gasteiger partial charge in [-0.15, -0.1) is 0 Å². The van der Waals surface area contributed by atoms with Crippen molar-refractivity contribution in [2.24, 2.45) is 0 Å². The topological polar surface area (TPSA) is 36.4 Å². The van der Waals surface area contributed by atoms with Gasteiger partial charge in [0.1, 0.15) is 5.82 Å². The lowest BCUT2D eigenvalue weighted by molar-refractivity contribution is 0.0762. The zero-order chi connectivity index (χ0) is 18.6. The smallest absolute Gasteiger partial charge is 0.256 e. The number of benzene rings is 2. The summed E-state index contributed by atoms with van der Waals surface area (Å²) in [6.07, 6.45) is 2.74. The molecule has 4 rings (SSSR count). The number of carbonyl (C=O) groups is 1. The number of rotatable bonds is 3. The maximum atomic E-state index is 13.9. The SMILES string of the molecule is O=C(c1ccccc1F)N1CCCN(c2ncc(-c3ccccc3)s2)CC1. The third-order valence-corrected chi connectivity index (χ3v) is 5.82. The first-order valence-electron chi connectivity index (χ1n) is 9.02. The number of carbonyl (C=O) groups excluding carboxylic acids is 1. The Bertz CT molecular complexity index is 928. The van der Waals surface area contributed by atoms with Gasteiger partial charge in [-0.3, -0.25) is 4.79 Å². The lowest BCUT2D eigenvalue weighted by atomic mass is 10.2. The van der Waals surface area contributed by atoms with Crippen molar-refractivity contribution in [3.05, 3.63) is 72.2 Å². The molecular formula is C21H20FN3OS. The van der Waals surface area contributed by atoms with Gasteiger partial charge in [0.2, 0.25) is 0 Å². The van der Waals surface area contributed by atoms with E-state index in [1.807, 2.05) is 24.4 Å². The van der Waals surface area contributed by atoms with Crippen LogP contribution in [0.25, 0.3) is 10.4 Å². The summed E-state index contributed by atoms with van der Waals surface area (Å²) < 4.78 is 13.9. The van der Waals surface area contributed by atoms with E-state index in [-0.39, 0.29) is 11.5 Å². The highest BCUT2D eigenvalue weighted by Gasteiger charge is 2.23. The van der Waals surface area contributed by atoms with Crippen LogP contribution in [0.3, 0.4) is 0 Å². The minimum absolute atomic E-state index is 0.145. The van der Waals surface area contributed by atoms with Crippen LogP contribution in [0.5, 0.6) is 0 Å². The van der Waals surface area contributed by atoms with Crippen LogP contribution < -0.4 is 4.90 Å². The molecule has 1 aliphatic heterocycles. The van der Waals surface area contributed by atoms with E-state index in [9.17, 15) is 9.18 Å². The molecule has 1 fully saturated rings. The Morgan fingerprint density at radius 1 is 0.963 bits per heavy atom. The molecule has 0 aliphatic carbocycles. The molecule has 1 aliphatic rings. The molecule has 0 bridgehead atoms. The summed E-state index contributed by atoms with van der Waals surface area (Å²) >= 11 is 1.66. The number of aromatic nitrogens is 1. The van der Waals surface area contributed by atoms with E-state index in [0.717, 1.165) is 28.5 Å². The summed E-state index contributed by atoms with van der Waals surface area (Å²) in [5, 5.41) is 0.967. The normalized spacial score (nSPS) is 14.9. The second-order valence-corrected chi connectivity index (χ2v) is 7.49. The second-order valence-electron chi connectivity index (χ2n) is 6.49. The van der Waals surface area contributed by atoms with Crippen LogP contribution >= 0.6 is 11.3 Å². The second kappa shape index (κ2) is 7.88. The van der Waals surface area contributed by atoms with Crippen LogP contribution in [0.4, 0.5) is 9.52 Å². The van der Waals surface area contributed by atoms with Gasteiger partial charge in [-0.05, 0) is 24.1 Å². The molecule has 0 spiro atoms. The molecule has 27 heavy (non-hydrogen) atoms. The molecule has 3 aromatic rings. The number of nitrogens with zero attached hydrogens (tertiary/aromatic N) is 3. The molecule has 138 valence electrons. The fourth-order valence-electron chi connectivity index (χ4n) is 3.26. The van der Waals surface area contributed by atoms with Crippen LogP contribution in [-0.2, 0) is 0 Å². The number of thiazole rings is 1. The molecule has 2 aromatic carbocycles. The van der Waals surface area contributed by atoms with Gasteiger partial charge in [0, 0.05) is 32.4 Å². The minimum Gasteiger partial charge on any atom is -0.346 e. The fourth-order valence-corrected chi connectivity index (χ4v) is 4.24. The van der Waals surface area contributed by atoms with E-state index in [1.54, 1.807) is 34.4 Å². The van der Waals surface area contributed by atoms with Gasteiger partial charge in [0.25, 0.3) is 5.91 Å². The number of anilines is 1. The lowest BCUT2D eigenvalue weighted by Gasteiger charge is -2.22. The number of amides is 1. The van der Waals surface area contributed by atoms with Gasteiger partial charge in [-0.1, -0.05) is 53.8 Å². The van der Waals surface area contributed by atoms with Crippen LogP contribution in [-0.4, -0.2) is 42.0 Å².